The van der Waals surface area contributed by atoms with E-state index in [4.69, 9.17) is 0 Å². The Morgan fingerprint density at radius 2 is 1.45 bits per heavy atom. The van der Waals surface area contributed by atoms with Crippen LogP contribution in [0.25, 0.3) is 0 Å². The van der Waals surface area contributed by atoms with E-state index < -0.39 is 12.3 Å². The molecular formula is C8H15F2N. The third-order valence-electron chi connectivity index (χ3n) is 2.13. The predicted octanol–water partition coefficient (Wildman–Crippen LogP) is 1.78. The summed E-state index contributed by atoms with van der Waals surface area (Å²) in [5.74, 6) is 0. The van der Waals surface area contributed by atoms with E-state index in [0.717, 1.165) is 0 Å². The lowest BCUT2D eigenvalue weighted by Crippen LogP contribution is -2.39. The lowest BCUT2D eigenvalue weighted by molar-refractivity contribution is 0.158. The minimum atomic E-state index is -1.28. The zero-order valence-corrected chi connectivity index (χ0v) is 7.27. The fraction of sp³-hybridized carbons (Fsp3) is 1.00. The smallest absolute Gasteiger partial charge is 0.145 e. The number of halogens is 2. The number of hydrogen-bond acceptors (Lipinski definition) is 1. The van der Waals surface area contributed by atoms with Gasteiger partial charge in [0.2, 0.25) is 0 Å². The van der Waals surface area contributed by atoms with Crippen LogP contribution in [-0.2, 0) is 0 Å². The molecule has 0 radical (unpaired) electrons. The Morgan fingerprint density at radius 3 is 1.64 bits per heavy atom. The second-order valence-electron chi connectivity index (χ2n) is 4.11. The number of nitrogens with zero attached hydrogens (tertiary/aromatic N) is 1. The van der Waals surface area contributed by atoms with Gasteiger partial charge in [0.25, 0.3) is 0 Å². The molecule has 0 bridgehead atoms. The first kappa shape index (κ1) is 8.91. The Morgan fingerprint density at radius 1 is 1.09 bits per heavy atom. The molecular weight excluding hydrogens is 148 g/mol. The molecule has 1 aliphatic rings. The molecule has 0 saturated carbocycles. The largest absolute Gasteiger partial charge is 0.292 e. The summed E-state index contributed by atoms with van der Waals surface area (Å²) in [6, 6.07) is 0. The van der Waals surface area contributed by atoms with E-state index in [9.17, 15) is 8.78 Å². The van der Waals surface area contributed by atoms with E-state index in [0.29, 0.717) is 0 Å². The van der Waals surface area contributed by atoms with E-state index in [1.54, 1.807) is 0 Å². The minimum Gasteiger partial charge on any atom is -0.292 e. The zero-order chi connectivity index (χ0) is 8.65. The van der Waals surface area contributed by atoms with Crippen LogP contribution in [0.15, 0.2) is 0 Å². The molecule has 1 heterocycles. The molecule has 0 N–H and O–H groups in total. The Kier molecular flexibility index (Phi) is 2.19. The molecule has 2 atom stereocenters. The summed E-state index contributed by atoms with van der Waals surface area (Å²) >= 11 is 0. The van der Waals surface area contributed by atoms with E-state index in [1.165, 1.54) is 0 Å². The molecule has 1 nitrogen and oxygen atoms in total. The Labute approximate surface area is 66.4 Å². The van der Waals surface area contributed by atoms with Gasteiger partial charge in [-0.25, -0.2) is 8.78 Å². The number of hydrogen-bond donors (Lipinski definition) is 0. The van der Waals surface area contributed by atoms with Crippen LogP contribution in [-0.4, -0.2) is 35.9 Å². The summed E-state index contributed by atoms with van der Waals surface area (Å²) in [7, 11) is 0. The molecule has 66 valence electrons. The normalized spacial score (nSPS) is 34.6. The van der Waals surface area contributed by atoms with Crippen molar-refractivity contribution in [1.82, 2.24) is 4.90 Å². The predicted molar refractivity (Wildman–Crippen MR) is 41.1 cm³/mol. The van der Waals surface area contributed by atoms with Gasteiger partial charge in [0.05, 0.1) is 0 Å². The van der Waals surface area contributed by atoms with Gasteiger partial charge in [-0.15, -0.1) is 0 Å². The maximum Gasteiger partial charge on any atom is 0.145 e. The van der Waals surface area contributed by atoms with Crippen LogP contribution in [0.4, 0.5) is 8.78 Å². The lowest BCUT2D eigenvalue weighted by atomic mass is 10.1. The van der Waals surface area contributed by atoms with Crippen LogP contribution >= 0.6 is 0 Å². The third kappa shape index (κ3) is 1.89. The van der Waals surface area contributed by atoms with E-state index in [-0.39, 0.29) is 18.6 Å². The van der Waals surface area contributed by atoms with Crippen molar-refractivity contribution in [3.63, 3.8) is 0 Å². The number of likely N-dealkylation sites (tertiary alicyclic amines) is 1. The van der Waals surface area contributed by atoms with Crippen molar-refractivity contribution < 1.29 is 8.78 Å². The summed E-state index contributed by atoms with van der Waals surface area (Å²) in [5.41, 5.74) is -0.106. The van der Waals surface area contributed by atoms with Gasteiger partial charge < -0.3 is 0 Å². The van der Waals surface area contributed by atoms with Gasteiger partial charge in [-0.2, -0.15) is 0 Å². The van der Waals surface area contributed by atoms with Crippen molar-refractivity contribution in [2.45, 2.75) is 38.7 Å². The van der Waals surface area contributed by atoms with Crippen molar-refractivity contribution in [2.24, 2.45) is 0 Å². The average molecular weight is 163 g/mol. The van der Waals surface area contributed by atoms with E-state index in [2.05, 4.69) is 0 Å². The third-order valence-corrected chi connectivity index (χ3v) is 2.13. The first-order valence-electron chi connectivity index (χ1n) is 3.94. The van der Waals surface area contributed by atoms with Gasteiger partial charge in [-0.1, -0.05) is 0 Å². The lowest BCUT2D eigenvalue weighted by Gasteiger charge is -2.30. The van der Waals surface area contributed by atoms with Gasteiger partial charge in [-0.05, 0) is 20.8 Å². The standard InChI is InChI=1S/C8H15F2N/c1-8(2,3)11-4-6(9)7(10)5-11/h6-7H,4-5H2,1-3H3/t6-,7-/m0/s1. The monoisotopic (exact) mass is 163 g/mol. The van der Waals surface area contributed by atoms with Crippen LogP contribution in [0.5, 0.6) is 0 Å². The molecule has 0 spiro atoms. The Balaban J connectivity index is 2.54. The molecule has 0 aromatic rings. The second-order valence-corrected chi connectivity index (χ2v) is 4.11. The van der Waals surface area contributed by atoms with E-state index >= 15 is 0 Å². The number of alkyl halides is 2. The maximum absolute atomic E-state index is 12.7. The van der Waals surface area contributed by atoms with Crippen molar-refractivity contribution in [3.8, 4) is 0 Å². The minimum absolute atomic E-state index is 0.106. The van der Waals surface area contributed by atoms with Crippen LogP contribution in [0, 0.1) is 0 Å². The first-order valence-corrected chi connectivity index (χ1v) is 3.94. The Bertz CT molecular complexity index is 132. The van der Waals surface area contributed by atoms with Crippen LogP contribution in [0.3, 0.4) is 0 Å². The Hall–Kier alpha value is -0.180. The molecule has 3 heteroatoms. The molecule has 1 saturated heterocycles. The fourth-order valence-corrected chi connectivity index (χ4v) is 1.27. The molecule has 0 aliphatic carbocycles. The van der Waals surface area contributed by atoms with Crippen molar-refractivity contribution in [2.75, 3.05) is 13.1 Å². The van der Waals surface area contributed by atoms with Crippen molar-refractivity contribution in [1.29, 1.82) is 0 Å². The summed E-state index contributed by atoms with van der Waals surface area (Å²) < 4.78 is 25.4. The SMILES string of the molecule is CC(C)(C)N1C[C@H](F)[C@@H](F)C1. The van der Waals surface area contributed by atoms with Gasteiger partial charge in [0.15, 0.2) is 0 Å². The molecule has 1 fully saturated rings. The summed E-state index contributed by atoms with van der Waals surface area (Å²) in [5, 5.41) is 0. The van der Waals surface area contributed by atoms with Gasteiger partial charge in [-0.3, -0.25) is 4.90 Å². The van der Waals surface area contributed by atoms with Gasteiger partial charge in [0, 0.05) is 18.6 Å². The molecule has 0 amide bonds. The molecule has 0 unspecified atom stereocenters. The average Bonchev–Trinajstić information content (AvgIpc) is 2.11. The topological polar surface area (TPSA) is 3.24 Å². The second kappa shape index (κ2) is 2.70. The van der Waals surface area contributed by atoms with Crippen molar-refractivity contribution >= 4 is 0 Å². The highest BCUT2D eigenvalue weighted by Gasteiger charge is 2.37. The molecule has 0 aromatic heterocycles. The summed E-state index contributed by atoms with van der Waals surface area (Å²) in [4.78, 5) is 1.84. The molecule has 1 aliphatic heterocycles. The van der Waals surface area contributed by atoms with Crippen LogP contribution in [0.1, 0.15) is 20.8 Å². The van der Waals surface area contributed by atoms with Gasteiger partial charge in [0.1, 0.15) is 12.3 Å². The van der Waals surface area contributed by atoms with Crippen LogP contribution in [0.2, 0.25) is 0 Å². The highest BCUT2D eigenvalue weighted by atomic mass is 19.2. The zero-order valence-electron chi connectivity index (χ0n) is 7.27. The highest BCUT2D eigenvalue weighted by molar-refractivity contribution is 4.90. The van der Waals surface area contributed by atoms with Gasteiger partial charge >= 0.3 is 0 Å². The maximum atomic E-state index is 12.7. The quantitative estimate of drug-likeness (QED) is 0.526. The molecule has 11 heavy (non-hydrogen) atoms. The highest BCUT2D eigenvalue weighted by Crippen LogP contribution is 2.24. The van der Waals surface area contributed by atoms with E-state index in [1.807, 2.05) is 25.7 Å². The van der Waals surface area contributed by atoms with Crippen LogP contribution < -0.4 is 0 Å². The molecule has 0 aromatic carbocycles. The number of rotatable bonds is 0. The summed E-state index contributed by atoms with van der Waals surface area (Å²) in [6.07, 6.45) is -2.57. The summed E-state index contributed by atoms with van der Waals surface area (Å²) in [6.45, 7) is 6.39. The fourth-order valence-electron chi connectivity index (χ4n) is 1.27. The van der Waals surface area contributed by atoms with Crippen molar-refractivity contribution in [3.05, 3.63) is 0 Å². The molecule has 1 rings (SSSR count). The first-order chi connectivity index (χ1) is 4.91.